The smallest absolute Gasteiger partial charge is 0.328 e. The Bertz CT molecular complexity index is 1100. The number of hydrogen-bond donors (Lipinski definition) is 0. The number of methoxy groups -OCH3 is 1. The van der Waals surface area contributed by atoms with Crippen LogP contribution in [0.4, 0.5) is 4.79 Å². The van der Waals surface area contributed by atoms with Crippen LogP contribution in [0.1, 0.15) is 25.0 Å². The molecular weight excluding hydrogens is 489 g/mol. The SMILES string of the molecule is CCOc1cc(/C=C2/SC(=O)N([C@@H](C)C(=O)OC)C2=O)cc(Cl)c1OCc1ccc(Cl)cc1. The first kappa shape index (κ1) is 25.0. The number of halogens is 2. The molecule has 33 heavy (non-hydrogen) atoms. The molecule has 0 N–H and O–H groups in total. The number of benzene rings is 2. The zero-order valence-electron chi connectivity index (χ0n) is 18.1. The molecule has 2 aromatic carbocycles. The Morgan fingerprint density at radius 1 is 1.15 bits per heavy atom. The highest BCUT2D eigenvalue weighted by Crippen LogP contribution is 2.40. The molecule has 0 saturated carbocycles. The molecule has 2 aromatic rings. The van der Waals surface area contributed by atoms with E-state index in [1.165, 1.54) is 20.1 Å². The van der Waals surface area contributed by atoms with Crippen LogP contribution in [0.5, 0.6) is 11.5 Å². The highest BCUT2D eigenvalue weighted by atomic mass is 35.5. The van der Waals surface area contributed by atoms with Gasteiger partial charge < -0.3 is 14.2 Å². The summed E-state index contributed by atoms with van der Waals surface area (Å²) in [5.74, 6) is -0.507. The molecule has 0 bridgehead atoms. The number of thioether (sulfide) groups is 1. The number of rotatable bonds is 8. The van der Waals surface area contributed by atoms with Crippen LogP contribution in [-0.2, 0) is 20.9 Å². The van der Waals surface area contributed by atoms with E-state index in [9.17, 15) is 14.4 Å². The highest BCUT2D eigenvalue weighted by Gasteiger charge is 2.41. The van der Waals surface area contributed by atoms with Gasteiger partial charge >= 0.3 is 5.97 Å². The van der Waals surface area contributed by atoms with Crippen LogP contribution in [-0.4, -0.2) is 41.8 Å². The lowest BCUT2D eigenvalue weighted by atomic mass is 10.1. The summed E-state index contributed by atoms with van der Waals surface area (Å²) < 4.78 is 16.2. The Kier molecular flexibility index (Phi) is 8.29. The molecule has 174 valence electrons. The minimum atomic E-state index is -1.03. The Morgan fingerprint density at radius 3 is 2.48 bits per heavy atom. The second kappa shape index (κ2) is 11.0. The summed E-state index contributed by atoms with van der Waals surface area (Å²) in [7, 11) is 1.20. The van der Waals surface area contributed by atoms with Crippen molar-refractivity contribution in [2.75, 3.05) is 13.7 Å². The first-order chi connectivity index (χ1) is 15.7. The zero-order chi connectivity index (χ0) is 24.1. The number of nitrogens with zero attached hydrogens (tertiary/aromatic N) is 1. The van der Waals surface area contributed by atoms with Crippen molar-refractivity contribution in [3.05, 3.63) is 62.5 Å². The third-order valence-corrected chi connectivity index (χ3v) is 6.10. The van der Waals surface area contributed by atoms with Gasteiger partial charge in [0.2, 0.25) is 0 Å². The van der Waals surface area contributed by atoms with E-state index in [4.69, 9.17) is 32.7 Å². The Hall–Kier alpha value is -2.68. The van der Waals surface area contributed by atoms with Crippen molar-refractivity contribution in [1.82, 2.24) is 4.90 Å². The molecule has 1 heterocycles. The normalized spacial score (nSPS) is 15.7. The fraction of sp³-hybridized carbons (Fsp3) is 0.261. The van der Waals surface area contributed by atoms with Crippen molar-refractivity contribution >= 4 is 58.2 Å². The van der Waals surface area contributed by atoms with E-state index in [0.717, 1.165) is 22.2 Å². The van der Waals surface area contributed by atoms with Crippen LogP contribution in [0, 0.1) is 0 Å². The van der Waals surface area contributed by atoms with Crippen LogP contribution in [0.25, 0.3) is 6.08 Å². The van der Waals surface area contributed by atoms with Gasteiger partial charge in [-0.2, -0.15) is 0 Å². The summed E-state index contributed by atoms with van der Waals surface area (Å²) in [6.45, 7) is 3.87. The lowest BCUT2D eigenvalue weighted by Gasteiger charge is -2.18. The number of hydrogen-bond acceptors (Lipinski definition) is 7. The highest BCUT2D eigenvalue weighted by molar-refractivity contribution is 8.18. The minimum Gasteiger partial charge on any atom is -0.490 e. The predicted molar refractivity (Wildman–Crippen MR) is 128 cm³/mol. The van der Waals surface area contributed by atoms with E-state index in [1.807, 2.05) is 19.1 Å². The topological polar surface area (TPSA) is 82.1 Å². The summed E-state index contributed by atoms with van der Waals surface area (Å²) in [5, 5.41) is 0.355. The number of carbonyl (C=O) groups is 3. The van der Waals surface area contributed by atoms with Crippen LogP contribution in [0.2, 0.25) is 10.0 Å². The maximum absolute atomic E-state index is 12.7. The van der Waals surface area contributed by atoms with Crippen LogP contribution in [0.15, 0.2) is 41.3 Å². The van der Waals surface area contributed by atoms with Gasteiger partial charge in [0.25, 0.3) is 11.1 Å². The number of ether oxygens (including phenoxy) is 3. The molecule has 0 aromatic heterocycles. The second-order valence-corrected chi connectivity index (χ2v) is 8.77. The molecule has 1 aliphatic rings. The van der Waals surface area contributed by atoms with Gasteiger partial charge in [-0.3, -0.25) is 14.5 Å². The summed E-state index contributed by atoms with van der Waals surface area (Å²) in [4.78, 5) is 37.9. The molecule has 1 saturated heterocycles. The van der Waals surface area contributed by atoms with Crippen molar-refractivity contribution in [2.45, 2.75) is 26.5 Å². The summed E-state index contributed by atoms with van der Waals surface area (Å²) in [6, 6.07) is 9.47. The van der Waals surface area contributed by atoms with Gasteiger partial charge in [0.1, 0.15) is 12.6 Å². The van der Waals surface area contributed by atoms with Crippen LogP contribution < -0.4 is 9.47 Å². The number of imide groups is 1. The molecule has 0 spiro atoms. The maximum atomic E-state index is 12.7. The lowest BCUT2D eigenvalue weighted by molar-refractivity contribution is -0.148. The summed E-state index contributed by atoms with van der Waals surface area (Å²) in [6.07, 6.45) is 1.52. The quantitative estimate of drug-likeness (QED) is 0.339. The minimum absolute atomic E-state index is 0.157. The molecule has 7 nitrogen and oxygen atoms in total. The van der Waals surface area contributed by atoms with Crippen molar-refractivity contribution in [3.63, 3.8) is 0 Å². The van der Waals surface area contributed by atoms with E-state index >= 15 is 0 Å². The van der Waals surface area contributed by atoms with Crippen molar-refractivity contribution in [1.29, 1.82) is 0 Å². The second-order valence-electron chi connectivity index (χ2n) is 6.93. The van der Waals surface area contributed by atoms with Crippen molar-refractivity contribution < 1.29 is 28.6 Å². The molecule has 1 fully saturated rings. The van der Waals surface area contributed by atoms with Crippen molar-refractivity contribution in [3.8, 4) is 11.5 Å². The molecule has 1 atom stereocenters. The number of carbonyl (C=O) groups excluding carboxylic acids is 3. The van der Waals surface area contributed by atoms with E-state index in [1.54, 1.807) is 24.3 Å². The summed E-state index contributed by atoms with van der Waals surface area (Å²) >= 11 is 13.1. The van der Waals surface area contributed by atoms with E-state index in [-0.39, 0.29) is 16.5 Å². The number of esters is 1. The molecule has 10 heteroatoms. The summed E-state index contributed by atoms with van der Waals surface area (Å²) in [5.41, 5.74) is 1.44. The third kappa shape index (κ3) is 5.82. The van der Waals surface area contributed by atoms with Gasteiger partial charge in [-0.05, 0) is 67.1 Å². The zero-order valence-corrected chi connectivity index (χ0v) is 20.4. The molecule has 2 amide bonds. The Labute approximate surface area is 205 Å². The average molecular weight is 510 g/mol. The van der Waals surface area contributed by atoms with Gasteiger partial charge in [-0.15, -0.1) is 0 Å². The van der Waals surface area contributed by atoms with Gasteiger partial charge in [0.05, 0.1) is 23.6 Å². The fourth-order valence-electron chi connectivity index (χ4n) is 3.05. The fourth-order valence-corrected chi connectivity index (χ4v) is 4.36. The standard InChI is InChI=1S/C23H21Cl2NO6S/c1-4-31-18-10-15(9-17(25)20(18)32-12-14-5-7-16(24)8-6-14)11-19-21(27)26(23(29)33-19)13(2)22(28)30-3/h5-11,13H,4,12H2,1-3H3/b19-11+/t13-/m0/s1. The first-order valence-electron chi connectivity index (χ1n) is 9.93. The molecule has 1 aliphatic heterocycles. The van der Waals surface area contributed by atoms with Crippen LogP contribution >= 0.6 is 35.0 Å². The average Bonchev–Trinajstić information content (AvgIpc) is 3.06. The molecular formula is C23H21Cl2NO6S. The third-order valence-electron chi connectivity index (χ3n) is 4.68. The molecule has 3 rings (SSSR count). The molecule has 0 radical (unpaired) electrons. The molecule has 0 aliphatic carbocycles. The van der Waals surface area contributed by atoms with E-state index < -0.39 is 23.2 Å². The Balaban J connectivity index is 1.86. The van der Waals surface area contributed by atoms with Gasteiger partial charge in [-0.25, -0.2) is 4.79 Å². The lowest BCUT2D eigenvalue weighted by Crippen LogP contribution is -2.42. The van der Waals surface area contributed by atoms with Gasteiger partial charge in [0, 0.05) is 5.02 Å². The van der Waals surface area contributed by atoms with Crippen LogP contribution in [0.3, 0.4) is 0 Å². The largest absolute Gasteiger partial charge is 0.490 e. The first-order valence-corrected chi connectivity index (χ1v) is 11.5. The van der Waals surface area contributed by atoms with Crippen molar-refractivity contribution in [2.24, 2.45) is 0 Å². The Morgan fingerprint density at radius 2 is 1.85 bits per heavy atom. The predicted octanol–water partition coefficient (Wildman–Crippen LogP) is 5.57. The van der Waals surface area contributed by atoms with Gasteiger partial charge in [-0.1, -0.05) is 35.3 Å². The molecule has 0 unspecified atom stereocenters. The van der Waals surface area contributed by atoms with E-state index in [0.29, 0.717) is 28.7 Å². The van der Waals surface area contributed by atoms with Gasteiger partial charge in [0.15, 0.2) is 11.5 Å². The maximum Gasteiger partial charge on any atom is 0.328 e. The number of amides is 2. The monoisotopic (exact) mass is 509 g/mol. The van der Waals surface area contributed by atoms with E-state index in [2.05, 4.69) is 4.74 Å².